The minimum Gasteiger partial charge on any atom is -0.545 e. The van der Waals surface area contributed by atoms with E-state index in [1.807, 2.05) is 6.07 Å². The van der Waals surface area contributed by atoms with Crippen molar-refractivity contribution in [3.05, 3.63) is 53.1 Å². The van der Waals surface area contributed by atoms with E-state index < -0.39 is 11.9 Å². The molecule has 0 saturated carbocycles. The number of nitrogens with one attached hydrogen (secondary N) is 1. The van der Waals surface area contributed by atoms with Crippen LogP contribution < -0.4 is 24.6 Å². The second-order valence-corrected chi connectivity index (χ2v) is 5.41. The van der Waals surface area contributed by atoms with E-state index in [-0.39, 0.29) is 11.1 Å². The number of aromatic carboxylic acids is 1. The van der Waals surface area contributed by atoms with Gasteiger partial charge in [0.1, 0.15) is 11.6 Å². The van der Waals surface area contributed by atoms with Gasteiger partial charge in [-0.15, -0.1) is 0 Å². The van der Waals surface area contributed by atoms with Crippen LogP contribution >= 0.6 is 0 Å². The van der Waals surface area contributed by atoms with Gasteiger partial charge in [0.15, 0.2) is 11.5 Å². The molecule has 0 heterocycles. The zero-order valence-corrected chi connectivity index (χ0v) is 15.4. The summed E-state index contributed by atoms with van der Waals surface area (Å²) in [5, 5.41) is 22.7. The first-order chi connectivity index (χ1) is 13.4. The number of amides is 1. The fraction of sp³-hybridized carbons (Fsp3) is 0.150. The number of anilines is 1. The number of carbonyl (C=O) groups is 2. The maximum absolute atomic E-state index is 12.4. The van der Waals surface area contributed by atoms with Crippen LogP contribution in [0.4, 0.5) is 5.69 Å². The zero-order chi connectivity index (χ0) is 20.7. The first kappa shape index (κ1) is 20.3. The number of hydrogen-bond acceptors (Lipinski definition) is 7. The first-order valence-corrected chi connectivity index (χ1v) is 7.98. The molecule has 2 aromatic carbocycles. The van der Waals surface area contributed by atoms with Crippen LogP contribution in [0.3, 0.4) is 0 Å². The molecule has 1 N–H and O–H groups in total. The molecule has 8 nitrogen and oxygen atoms in total. The van der Waals surface area contributed by atoms with Crippen LogP contribution in [0.25, 0.3) is 6.08 Å². The van der Waals surface area contributed by atoms with Crippen molar-refractivity contribution < 1.29 is 28.9 Å². The van der Waals surface area contributed by atoms with E-state index in [9.17, 15) is 20.0 Å². The minimum absolute atomic E-state index is 0.0240. The van der Waals surface area contributed by atoms with Crippen LogP contribution in [0.5, 0.6) is 17.2 Å². The van der Waals surface area contributed by atoms with Crippen molar-refractivity contribution in [3.8, 4) is 23.3 Å². The van der Waals surface area contributed by atoms with Gasteiger partial charge in [0.25, 0.3) is 5.91 Å². The molecule has 8 heteroatoms. The molecule has 0 bridgehead atoms. The molecule has 144 valence electrons. The van der Waals surface area contributed by atoms with E-state index in [1.54, 1.807) is 12.1 Å². The summed E-state index contributed by atoms with van der Waals surface area (Å²) in [6, 6.07) is 10.5. The molecule has 0 spiro atoms. The molecule has 0 fully saturated rings. The van der Waals surface area contributed by atoms with E-state index in [4.69, 9.17) is 14.2 Å². The van der Waals surface area contributed by atoms with Gasteiger partial charge in [-0.05, 0) is 35.9 Å². The average Bonchev–Trinajstić information content (AvgIpc) is 2.71. The highest BCUT2D eigenvalue weighted by Gasteiger charge is 2.17. The van der Waals surface area contributed by atoms with Crippen LogP contribution in [0.1, 0.15) is 15.9 Å². The summed E-state index contributed by atoms with van der Waals surface area (Å²) in [5.74, 6) is -0.918. The maximum atomic E-state index is 12.4. The van der Waals surface area contributed by atoms with Gasteiger partial charge in [0.2, 0.25) is 5.75 Å². The van der Waals surface area contributed by atoms with E-state index in [1.165, 1.54) is 51.7 Å². The standard InChI is InChI=1S/C20H18N2O6/c1-26-16-9-6-13(17(27-2)18(16)28-3)10-14(11-21)19(23)22-15-7-4-12(5-8-15)20(24)25/h4-10H,1-3H3,(H,22,23)(H,24,25)/p-1/b14-10+. The van der Waals surface area contributed by atoms with Crippen LogP contribution in [-0.4, -0.2) is 33.2 Å². The maximum Gasteiger partial charge on any atom is 0.266 e. The molecular weight excluding hydrogens is 364 g/mol. The normalized spacial score (nSPS) is 10.6. The van der Waals surface area contributed by atoms with Gasteiger partial charge in [0, 0.05) is 11.3 Å². The number of hydrogen-bond donors (Lipinski definition) is 1. The minimum atomic E-state index is -1.32. The monoisotopic (exact) mass is 381 g/mol. The molecule has 2 rings (SSSR count). The summed E-state index contributed by atoms with van der Waals surface area (Å²) in [7, 11) is 4.36. The molecule has 0 aliphatic rings. The highest BCUT2D eigenvalue weighted by Crippen LogP contribution is 2.40. The Labute approximate surface area is 161 Å². The molecule has 2 aromatic rings. The Morgan fingerprint density at radius 2 is 1.64 bits per heavy atom. The van der Waals surface area contributed by atoms with Gasteiger partial charge in [0.05, 0.1) is 27.3 Å². The third kappa shape index (κ3) is 4.40. The summed E-state index contributed by atoms with van der Waals surface area (Å²) in [4.78, 5) is 23.2. The van der Waals surface area contributed by atoms with E-state index >= 15 is 0 Å². The summed E-state index contributed by atoms with van der Waals surface area (Å²) >= 11 is 0. The molecule has 0 aliphatic carbocycles. The molecule has 0 aliphatic heterocycles. The smallest absolute Gasteiger partial charge is 0.266 e. The lowest BCUT2D eigenvalue weighted by Gasteiger charge is -2.14. The SMILES string of the molecule is COc1ccc(/C=C(\C#N)C(=O)Nc2ccc(C(=O)[O-])cc2)c(OC)c1OC. The zero-order valence-electron chi connectivity index (χ0n) is 15.4. The highest BCUT2D eigenvalue weighted by atomic mass is 16.5. The van der Waals surface area contributed by atoms with E-state index in [0.29, 0.717) is 28.5 Å². The summed E-state index contributed by atoms with van der Waals surface area (Å²) in [5.41, 5.74) is 0.563. The molecular formula is C20H17N2O6-. The average molecular weight is 381 g/mol. The van der Waals surface area contributed by atoms with Crippen molar-refractivity contribution in [1.29, 1.82) is 5.26 Å². The van der Waals surface area contributed by atoms with Crippen LogP contribution in [-0.2, 0) is 4.79 Å². The van der Waals surface area contributed by atoms with Gasteiger partial charge in [-0.3, -0.25) is 4.79 Å². The fourth-order valence-corrected chi connectivity index (χ4v) is 2.43. The molecule has 0 atom stereocenters. The quantitative estimate of drug-likeness (QED) is 0.571. The van der Waals surface area contributed by atoms with Crippen molar-refractivity contribution in [1.82, 2.24) is 0 Å². The van der Waals surface area contributed by atoms with Crippen molar-refractivity contribution in [2.24, 2.45) is 0 Å². The molecule has 0 saturated heterocycles. The molecule has 28 heavy (non-hydrogen) atoms. The van der Waals surface area contributed by atoms with Gasteiger partial charge < -0.3 is 29.4 Å². The topological polar surface area (TPSA) is 121 Å². The lowest BCUT2D eigenvalue weighted by Crippen LogP contribution is -2.22. The number of nitrogens with zero attached hydrogens (tertiary/aromatic N) is 1. The number of carboxylic acids is 1. The third-order valence-corrected chi connectivity index (χ3v) is 3.78. The number of methoxy groups -OCH3 is 3. The predicted octanol–water partition coefficient (Wildman–Crippen LogP) is 1.62. The van der Waals surface area contributed by atoms with Crippen LogP contribution in [0.2, 0.25) is 0 Å². The largest absolute Gasteiger partial charge is 0.545 e. The second kappa shape index (κ2) is 9.09. The summed E-state index contributed by atoms with van der Waals surface area (Å²) in [6.45, 7) is 0. The van der Waals surface area contributed by atoms with Crippen LogP contribution in [0, 0.1) is 11.3 Å². The molecule has 0 unspecified atom stereocenters. The number of ether oxygens (including phenoxy) is 3. The molecule has 0 aromatic heterocycles. The third-order valence-electron chi connectivity index (χ3n) is 3.78. The number of carbonyl (C=O) groups excluding carboxylic acids is 2. The Balaban J connectivity index is 2.34. The second-order valence-electron chi connectivity index (χ2n) is 5.41. The highest BCUT2D eigenvalue weighted by molar-refractivity contribution is 6.10. The van der Waals surface area contributed by atoms with Gasteiger partial charge in [-0.1, -0.05) is 12.1 Å². The number of carboxylic acid groups (broad SMARTS) is 1. The first-order valence-electron chi connectivity index (χ1n) is 7.98. The number of nitriles is 1. The van der Waals surface area contributed by atoms with Crippen molar-refractivity contribution in [3.63, 3.8) is 0 Å². The Hall–Kier alpha value is -3.99. The Morgan fingerprint density at radius 3 is 2.14 bits per heavy atom. The van der Waals surface area contributed by atoms with E-state index in [2.05, 4.69) is 5.32 Å². The predicted molar refractivity (Wildman–Crippen MR) is 99.1 cm³/mol. The van der Waals surface area contributed by atoms with Crippen molar-refractivity contribution in [2.45, 2.75) is 0 Å². The van der Waals surface area contributed by atoms with Gasteiger partial charge in [-0.2, -0.15) is 5.26 Å². The Kier molecular flexibility index (Phi) is 6.60. The van der Waals surface area contributed by atoms with Crippen molar-refractivity contribution >= 4 is 23.6 Å². The molecule has 0 radical (unpaired) electrons. The Bertz CT molecular complexity index is 958. The Morgan fingerprint density at radius 1 is 1.00 bits per heavy atom. The summed E-state index contributed by atoms with van der Waals surface area (Å²) in [6.07, 6.45) is 1.35. The fourth-order valence-electron chi connectivity index (χ4n) is 2.43. The van der Waals surface area contributed by atoms with E-state index in [0.717, 1.165) is 0 Å². The lowest BCUT2D eigenvalue weighted by molar-refractivity contribution is -0.255. The van der Waals surface area contributed by atoms with Crippen LogP contribution in [0.15, 0.2) is 42.0 Å². The summed E-state index contributed by atoms with van der Waals surface area (Å²) < 4.78 is 15.8. The number of benzene rings is 2. The van der Waals surface area contributed by atoms with Crippen molar-refractivity contribution in [2.75, 3.05) is 26.6 Å². The lowest BCUT2D eigenvalue weighted by atomic mass is 10.1. The van der Waals surface area contributed by atoms with Gasteiger partial charge in [-0.25, -0.2) is 0 Å². The van der Waals surface area contributed by atoms with Gasteiger partial charge >= 0.3 is 0 Å². The molecule has 1 amide bonds. The number of rotatable bonds is 7.